The van der Waals surface area contributed by atoms with E-state index in [0.717, 1.165) is 16.2 Å². The Hall–Kier alpha value is -1.95. The van der Waals surface area contributed by atoms with Gasteiger partial charge in [-0.1, -0.05) is 0 Å². The SMILES string of the molecule is CCOC(=O)c1sc(N2C(=O)C=CC2=O)cc1C. The lowest BCUT2D eigenvalue weighted by molar-refractivity contribution is -0.119. The van der Waals surface area contributed by atoms with Crippen LogP contribution in [0.4, 0.5) is 5.00 Å². The maximum atomic E-state index is 11.6. The first-order chi connectivity index (χ1) is 8.54. The third kappa shape index (κ3) is 2.06. The Bertz CT molecular complexity index is 540. The molecule has 5 nitrogen and oxygen atoms in total. The molecule has 0 aromatic carbocycles. The number of hydrogen-bond donors (Lipinski definition) is 0. The van der Waals surface area contributed by atoms with Crippen LogP contribution in [0.5, 0.6) is 0 Å². The van der Waals surface area contributed by atoms with Crippen molar-refractivity contribution in [3.63, 3.8) is 0 Å². The molecule has 1 aliphatic heterocycles. The van der Waals surface area contributed by atoms with E-state index in [1.54, 1.807) is 19.9 Å². The van der Waals surface area contributed by atoms with Crippen molar-refractivity contribution in [2.24, 2.45) is 0 Å². The van der Waals surface area contributed by atoms with Crippen LogP contribution in [0.25, 0.3) is 0 Å². The van der Waals surface area contributed by atoms with Gasteiger partial charge in [-0.05, 0) is 25.5 Å². The van der Waals surface area contributed by atoms with E-state index in [2.05, 4.69) is 0 Å². The number of rotatable bonds is 3. The molecule has 0 aliphatic carbocycles. The zero-order valence-corrected chi connectivity index (χ0v) is 10.7. The van der Waals surface area contributed by atoms with E-state index in [-0.39, 0.29) is 6.61 Å². The van der Waals surface area contributed by atoms with Crippen LogP contribution in [-0.4, -0.2) is 24.4 Å². The summed E-state index contributed by atoms with van der Waals surface area (Å²) >= 11 is 1.08. The summed E-state index contributed by atoms with van der Waals surface area (Å²) in [7, 11) is 0. The predicted octanol–water partition coefficient (Wildman–Crippen LogP) is 1.66. The van der Waals surface area contributed by atoms with Gasteiger partial charge in [0.25, 0.3) is 11.8 Å². The second-order valence-corrected chi connectivity index (χ2v) is 4.69. The molecule has 1 aliphatic rings. The highest BCUT2D eigenvalue weighted by Gasteiger charge is 2.28. The number of ether oxygens (including phenoxy) is 1. The molecule has 0 spiro atoms. The number of amides is 2. The third-order valence-electron chi connectivity index (χ3n) is 2.40. The van der Waals surface area contributed by atoms with Crippen molar-refractivity contribution >= 4 is 34.1 Å². The van der Waals surface area contributed by atoms with Crippen LogP contribution in [0.2, 0.25) is 0 Å². The van der Waals surface area contributed by atoms with Crippen molar-refractivity contribution in [1.29, 1.82) is 0 Å². The minimum atomic E-state index is -0.432. The molecule has 2 rings (SSSR count). The van der Waals surface area contributed by atoms with Crippen molar-refractivity contribution < 1.29 is 19.1 Å². The van der Waals surface area contributed by atoms with E-state index in [1.165, 1.54) is 12.2 Å². The summed E-state index contributed by atoms with van der Waals surface area (Å²) in [4.78, 5) is 36.1. The maximum absolute atomic E-state index is 11.6. The van der Waals surface area contributed by atoms with Crippen molar-refractivity contribution in [2.45, 2.75) is 13.8 Å². The lowest BCUT2D eigenvalue weighted by Gasteiger charge is -2.09. The molecule has 0 fully saturated rings. The van der Waals surface area contributed by atoms with Gasteiger partial charge in [-0.25, -0.2) is 9.69 Å². The van der Waals surface area contributed by atoms with Gasteiger partial charge >= 0.3 is 5.97 Å². The molecule has 0 bridgehead atoms. The Morgan fingerprint density at radius 3 is 2.50 bits per heavy atom. The second kappa shape index (κ2) is 4.73. The predicted molar refractivity (Wildman–Crippen MR) is 66.6 cm³/mol. The fraction of sp³-hybridized carbons (Fsp3) is 0.250. The van der Waals surface area contributed by atoms with Crippen molar-refractivity contribution in [3.8, 4) is 0 Å². The van der Waals surface area contributed by atoms with Gasteiger partial charge in [0, 0.05) is 12.2 Å². The Morgan fingerprint density at radius 1 is 1.33 bits per heavy atom. The number of anilines is 1. The molecule has 0 atom stereocenters. The number of esters is 1. The van der Waals surface area contributed by atoms with Crippen LogP contribution in [0.15, 0.2) is 18.2 Å². The van der Waals surface area contributed by atoms with Gasteiger partial charge in [-0.2, -0.15) is 0 Å². The zero-order valence-electron chi connectivity index (χ0n) is 9.93. The number of imide groups is 1. The quantitative estimate of drug-likeness (QED) is 0.616. The van der Waals surface area contributed by atoms with Crippen molar-refractivity contribution in [2.75, 3.05) is 11.5 Å². The summed E-state index contributed by atoms with van der Waals surface area (Å²) in [5.74, 6) is -1.22. The van der Waals surface area contributed by atoms with Crippen molar-refractivity contribution in [1.82, 2.24) is 0 Å². The lowest BCUT2D eigenvalue weighted by Crippen LogP contribution is -2.28. The molecule has 1 aromatic heterocycles. The summed E-state index contributed by atoms with van der Waals surface area (Å²) in [5, 5.41) is 0.440. The van der Waals surface area contributed by atoms with Crippen LogP contribution < -0.4 is 4.90 Å². The van der Waals surface area contributed by atoms with Crippen LogP contribution in [0, 0.1) is 6.92 Å². The molecule has 18 heavy (non-hydrogen) atoms. The van der Waals surface area contributed by atoms with Gasteiger partial charge in [0.1, 0.15) is 9.88 Å². The van der Waals surface area contributed by atoms with Gasteiger partial charge in [-0.15, -0.1) is 11.3 Å². The van der Waals surface area contributed by atoms with Gasteiger partial charge in [0.2, 0.25) is 0 Å². The van der Waals surface area contributed by atoms with Crippen molar-refractivity contribution in [3.05, 3.63) is 28.7 Å². The third-order valence-corrected chi connectivity index (χ3v) is 3.60. The highest BCUT2D eigenvalue weighted by molar-refractivity contribution is 7.18. The molecular formula is C12H11NO4S. The Balaban J connectivity index is 2.32. The van der Waals surface area contributed by atoms with Gasteiger partial charge in [0.15, 0.2) is 0 Å². The Morgan fingerprint density at radius 2 is 1.94 bits per heavy atom. The van der Waals surface area contributed by atoms with E-state index >= 15 is 0 Å². The summed E-state index contributed by atoms with van der Waals surface area (Å²) in [6.45, 7) is 3.75. The highest BCUT2D eigenvalue weighted by atomic mass is 32.1. The Kier molecular flexibility index (Phi) is 3.29. The zero-order chi connectivity index (χ0) is 13.3. The minimum absolute atomic E-state index is 0.286. The van der Waals surface area contributed by atoms with Gasteiger partial charge in [0.05, 0.1) is 6.61 Å². The average Bonchev–Trinajstić information content (AvgIpc) is 2.83. The van der Waals surface area contributed by atoms with Gasteiger partial charge < -0.3 is 4.74 Å². The Labute approximate surface area is 108 Å². The summed E-state index contributed by atoms with van der Waals surface area (Å²) in [5.41, 5.74) is 0.695. The average molecular weight is 265 g/mol. The smallest absolute Gasteiger partial charge is 0.348 e. The number of carbonyl (C=O) groups excluding carboxylic acids is 3. The molecule has 94 valence electrons. The molecular weight excluding hydrogens is 254 g/mol. The van der Waals surface area contributed by atoms with Crippen LogP contribution in [0.3, 0.4) is 0 Å². The summed E-state index contributed by atoms with van der Waals surface area (Å²) in [6.07, 6.45) is 2.42. The highest BCUT2D eigenvalue weighted by Crippen LogP contribution is 2.32. The molecule has 1 aromatic rings. The first-order valence-corrected chi connectivity index (χ1v) is 6.20. The molecule has 2 heterocycles. The minimum Gasteiger partial charge on any atom is -0.462 e. The molecule has 6 heteroatoms. The van der Waals surface area contributed by atoms with Crippen LogP contribution in [0.1, 0.15) is 22.2 Å². The van der Waals surface area contributed by atoms with E-state index in [9.17, 15) is 14.4 Å². The summed E-state index contributed by atoms with van der Waals surface area (Å²) < 4.78 is 4.91. The van der Waals surface area contributed by atoms with Crippen LogP contribution >= 0.6 is 11.3 Å². The van der Waals surface area contributed by atoms with E-state index in [4.69, 9.17) is 4.74 Å². The number of aryl methyl sites for hydroxylation is 1. The number of carbonyl (C=O) groups is 3. The standard InChI is InChI=1S/C12H11NO4S/c1-3-17-12(16)11-7(2)6-10(18-11)13-8(14)4-5-9(13)15/h4-6H,3H2,1-2H3. The second-order valence-electron chi connectivity index (χ2n) is 3.66. The monoisotopic (exact) mass is 265 g/mol. The first-order valence-electron chi connectivity index (χ1n) is 5.38. The molecule has 2 amide bonds. The largest absolute Gasteiger partial charge is 0.462 e. The summed E-state index contributed by atoms with van der Waals surface area (Å²) in [6, 6.07) is 1.64. The van der Waals surface area contributed by atoms with Crippen LogP contribution in [-0.2, 0) is 14.3 Å². The fourth-order valence-electron chi connectivity index (χ4n) is 1.59. The van der Waals surface area contributed by atoms with Gasteiger partial charge in [-0.3, -0.25) is 9.59 Å². The fourth-order valence-corrected chi connectivity index (χ4v) is 2.67. The number of nitrogens with zero attached hydrogens (tertiary/aromatic N) is 1. The normalized spacial score (nSPS) is 14.4. The molecule has 0 N–H and O–H groups in total. The van der Waals surface area contributed by atoms with E-state index < -0.39 is 17.8 Å². The maximum Gasteiger partial charge on any atom is 0.348 e. The molecule has 0 saturated carbocycles. The lowest BCUT2D eigenvalue weighted by atomic mass is 10.3. The molecule has 0 radical (unpaired) electrons. The number of hydrogen-bond acceptors (Lipinski definition) is 5. The number of thiophene rings is 1. The molecule has 0 saturated heterocycles. The van der Waals surface area contributed by atoms with E-state index in [0.29, 0.717) is 15.4 Å². The first kappa shape index (κ1) is 12.5. The van der Waals surface area contributed by atoms with E-state index in [1.807, 2.05) is 0 Å². The topological polar surface area (TPSA) is 63.7 Å². The molecule has 0 unspecified atom stereocenters.